The number of allylic oxidation sites excluding steroid dienone is 1. The first-order valence-electron chi connectivity index (χ1n) is 7.03. The molecular formula is C15H22N2O4. The summed E-state index contributed by atoms with van der Waals surface area (Å²) in [6, 6.07) is 1.48. The topological polar surface area (TPSA) is 88.4 Å². The van der Waals surface area contributed by atoms with Crippen LogP contribution in [-0.4, -0.2) is 30.3 Å². The molecule has 0 bridgehead atoms. The zero-order chi connectivity index (χ0) is 16.0. The predicted octanol–water partition coefficient (Wildman–Crippen LogP) is 2.30. The van der Waals surface area contributed by atoms with Gasteiger partial charge in [-0.05, 0) is 46.6 Å². The van der Waals surface area contributed by atoms with Crippen molar-refractivity contribution in [3.63, 3.8) is 0 Å². The Hall–Kier alpha value is -2.03. The van der Waals surface area contributed by atoms with Crippen molar-refractivity contribution in [1.29, 1.82) is 5.26 Å². The van der Waals surface area contributed by atoms with Gasteiger partial charge in [0, 0.05) is 5.57 Å². The van der Waals surface area contributed by atoms with Gasteiger partial charge in [0.15, 0.2) is 0 Å². The molecule has 6 heteroatoms. The van der Waals surface area contributed by atoms with Gasteiger partial charge in [0.25, 0.3) is 0 Å². The maximum atomic E-state index is 11.9. The molecule has 0 fully saturated rings. The van der Waals surface area contributed by atoms with Gasteiger partial charge in [0.2, 0.25) is 0 Å². The first-order chi connectivity index (χ1) is 9.76. The van der Waals surface area contributed by atoms with E-state index in [1.807, 2.05) is 0 Å². The van der Waals surface area contributed by atoms with Crippen LogP contribution >= 0.6 is 0 Å². The number of nitrogens with one attached hydrogen (secondary N) is 1. The molecular weight excluding hydrogens is 272 g/mol. The molecule has 0 saturated carbocycles. The molecule has 0 saturated heterocycles. The zero-order valence-corrected chi connectivity index (χ0v) is 12.9. The zero-order valence-electron chi connectivity index (χ0n) is 12.9. The van der Waals surface area contributed by atoms with Crippen molar-refractivity contribution in [2.45, 2.75) is 52.2 Å². The molecule has 6 nitrogen and oxygen atoms in total. The molecule has 0 aromatic carbocycles. The molecule has 0 aliphatic heterocycles. The lowest BCUT2D eigenvalue weighted by Crippen LogP contribution is -2.46. The van der Waals surface area contributed by atoms with Gasteiger partial charge in [0.1, 0.15) is 5.60 Å². The van der Waals surface area contributed by atoms with Crippen LogP contribution in [0.2, 0.25) is 0 Å². The Labute approximate surface area is 125 Å². The molecule has 0 unspecified atom stereocenters. The Bertz CT molecular complexity index is 471. The summed E-state index contributed by atoms with van der Waals surface area (Å²) in [6.45, 7) is 7.28. The predicted molar refractivity (Wildman–Crippen MR) is 76.2 cm³/mol. The fourth-order valence-corrected chi connectivity index (χ4v) is 2.10. The molecule has 1 aliphatic carbocycles. The van der Waals surface area contributed by atoms with Crippen molar-refractivity contribution >= 4 is 12.1 Å². The second kappa shape index (κ2) is 7.11. The number of rotatable bonds is 3. The van der Waals surface area contributed by atoms with Crippen LogP contribution in [0.5, 0.6) is 0 Å². The molecule has 21 heavy (non-hydrogen) atoms. The number of carbonyl (C=O) groups is 2. The molecule has 116 valence electrons. The largest absolute Gasteiger partial charge is 0.466 e. The molecule has 1 aliphatic rings. The highest BCUT2D eigenvalue weighted by atomic mass is 16.6. The molecule has 1 N–H and O–H groups in total. The Kier molecular flexibility index (Phi) is 5.77. The highest BCUT2D eigenvalue weighted by molar-refractivity contribution is 5.76. The van der Waals surface area contributed by atoms with Gasteiger partial charge < -0.3 is 14.8 Å². The highest BCUT2D eigenvalue weighted by Crippen LogP contribution is 2.25. The highest BCUT2D eigenvalue weighted by Gasteiger charge is 2.33. The standard InChI is InChI=1S/C15H22N2O4/c1-5-20-13(18)11-7-6-10(9-16)8-12(11)17-14(19)21-15(2,3)4/h8,11-12H,5-7H2,1-4H3,(H,17,19)/t11-,12+/m0/s1. The quantitative estimate of drug-likeness (QED) is 0.807. The molecule has 0 heterocycles. The Morgan fingerprint density at radius 3 is 2.67 bits per heavy atom. The van der Waals surface area contributed by atoms with Gasteiger partial charge in [-0.25, -0.2) is 4.79 Å². The lowest BCUT2D eigenvalue weighted by atomic mass is 9.86. The van der Waals surface area contributed by atoms with E-state index in [1.54, 1.807) is 33.8 Å². The minimum absolute atomic E-state index is 0.281. The number of amides is 1. The number of ether oxygens (including phenoxy) is 2. The molecule has 0 aromatic heterocycles. The molecule has 1 amide bonds. The number of hydrogen-bond donors (Lipinski definition) is 1. The molecule has 0 spiro atoms. The Morgan fingerprint density at radius 2 is 2.14 bits per heavy atom. The van der Waals surface area contributed by atoms with Crippen LogP contribution in [0.15, 0.2) is 11.6 Å². The first kappa shape index (κ1) is 17.0. The molecule has 1 rings (SSSR count). The number of nitrogens with zero attached hydrogens (tertiary/aromatic N) is 1. The summed E-state index contributed by atoms with van der Waals surface area (Å²) in [7, 11) is 0. The summed E-state index contributed by atoms with van der Waals surface area (Å²) in [5.41, 5.74) is -0.0726. The van der Waals surface area contributed by atoms with Gasteiger partial charge in [-0.15, -0.1) is 0 Å². The SMILES string of the molecule is CCOC(=O)[C@H]1CCC(C#N)=C[C@H]1NC(=O)OC(C)(C)C. The van der Waals surface area contributed by atoms with Crippen molar-refractivity contribution < 1.29 is 19.1 Å². The molecule has 0 radical (unpaired) electrons. The second-order valence-corrected chi connectivity index (χ2v) is 5.87. The van der Waals surface area contributed by atoms with Crippen LogP contribution in [0.1, 0.15) is 40.5 Å². The fraction of sp³-hybridized carbons (Fsp3) is 0.667. The summed E-state index contributed by atoms with van der Waals surface area (Å²) in [5, 5.41) is 11.6. The lowest BCUT2D eigenvalue weighted by molar-refractivity contribution is -0.148. The number of carbonyl (C=O) groups excluding carboxylic acids is 2. The van der Waals surface area contributed by atoms with Crippen molar-refractivity contribution in [2.75, 3.05) is 6.61 Å². The number of esters is 1. The van der Waals surface area contributed by atoms with Crippen LogP contribution in [0.4, 0.5) is 4.79 Å². The summed E-state index contributed by atoms with van der Waals surface area (Å²) in [6.07, 6.45) is 1.97. The average molecular weight is 294 g/mol. The maximum Gasteiger partial charge on any atom is 0.408 e. The second-order valence-electron chi connectivity index (χ2n) is 5.87. The fourth-order valence-electron chi connectivity index (χ4n) is 2.10. The number of nitriles is 1. The van der Waals surface area contributed by atoms with Crippen LogP contribution in [0.3, 0.4) is 0 Å². The van der Waals surface area contributed by atoms with Crippen molar-refractivity contribution in [3.05, 3.63) is 11.6 Å². The monoisotopic (exact) mass is 294 g/mol. The Morgan fingerprint density at radius 1 is 1.48 bits per heavy atom. The van der Waals surface area contributed by atoms with Crippen molar-refractivity contribution in [3.8, 4) is 6.07 Å². The van der Waals surface area contributed by atoms with E-state index in [4.69, 9.17) is 14.7 Å². The van der Waals surface area contributed by atoms with Crippen LogP contribution in [0.25, 0.3) is 0 Å². The summed E-state index contributed by atoms with van der Waals surface area (Å²) in [5.74, 6) is -0.860. The maximum absolute atomic E-state index is 11.9. The van der Waals surface area contributed by atoms with Gasteiger partial charge in [0.05, 0.1) is 24.6 Å². The van der Waals surface area contributed by atoms with E-state index >= 15 is 0 Å². The van der Waals surface area contributed by atoms with E-state index in [9.17, 15) is 9.59 Å². The molecule has 0 aromatic rings. The van der Waals surface area contributed by atoms with Crippen LogP contribution in [0, 0.1) is 17.2 Å². The number of hydrogen-bond acceptors (Lipinski definition) is 5. The molecule has 2 atom stereocenters. The Balaban J connectivity index is 2.82. The summed E-state index contributed by atoms with van der Waals surface area (Å²) < 4.78 is 10.2. The minimum atomic E-state index is -0.625. The average Bonchev–Trinajstić information content (AvgIpc) is 2.36. The van der Waals surface area contributed by atoms with Gasteiger partial charge in [-0.1, -0.05) is 0 Å². The van der Waals surface area contributed by atoms with E-state index in [1.165, 1.54) is 0 Å². The number of alkyl carbamates (subject to hydrolysis) is 1. The van der Waals surface area contributed by atoms with E-state index in [0.29, 0.717) is 18.4 Å². The van der Waals surface area contributed by atoms with Crippen LogP contribution in [-0.2, 0) is 14.3 Å². The summed E-state index contributed by atoms with van der Waals surface area (Å²) in [4.78, 5) is 23.8. The third kappa shape index (κ3) is 5.46. The van der Waals surface area contributed by atoms with E-state index < -0.39 is 23.7 Å². The van der Waals surface area contributed by atoms with Gasteiger partial charge in [-0.3, -0.25) is 4.79 Å². The van der Waals surface area contributed by atoms with Gasteiger partial charge in [-0.2, -0.15) is 5.26 Å². The minimum Gasteiger partial charge on any atom is -0.466 e. The first-order valence-corrected chi connectivity index (χ1v) is 7.03. The smallest absolute Gasteiger partial charge is 0.408 e. The van der Waals surface area contributed by atoms with E-state index in [0.717, 1.165) is 0 Å². The van der Waals surface area contributed by atoms with Crippen LogP contribution < -0.4 is 5.32 Å². The van der Waals surface area contributed by atoms with E-state index in [-0.39, 0.29) is 12.6 Å². The third-order valence-corrected chi connectivity index (χ3v) is 2.96. The third-order valence-electron chi connectivity index (χ3n) is 2.96. The summed E-state index contributed by atoms with van der Waals surface area (Å²) >= 11 is 0. The van der Waals surface area contributed by atoms with Gasteiger partial charge >= 0.3 is 12.1 Å². The van der Waals surface area contributed by atoms with E-state index in [2.05, 4.69) is 11.4 Å². The van der Waals surface area contributed by atoms with Crippen molar-refractivity contribution in [1.82, 2.24) is 5.32 Å². The van der Waals surface area contributed by atoms with Crippen molar-refractivity contribution in [2.24, 2.45) is 5.92 Å². The lowest BCUT2D eigenvalue weighted by Gasteiger charge is -2.29. The normalized spacial score (nSPS) is 21.8.